The van der Waals surface area contributed by atoms with Gasteiger partial charge in [0.2, 0.25) is 0 Å². The van der Waals surface area contributed by atoms with Crippen molar-refractivity contribution in [1.82, 2.24) is 10.3 Å². The van der Waals surface area contributed by atoms with Crippen LogP contribution < -0.4 is 10.1 Å². The highest BCUT2D eigenvalue weighted by Crippen LogP contribution is 2.15. The molecule has 2 unspecified atom stereocenters. The van der Waals surface area contributed by atoms with Crippen LogP contribution in [0.4, 0.5) is 0 Å². The van der Waals surface area contributed by atoms with E-state index in [1.54, 1.807) is 30.5 Å². The molecule has 4 nitrogen and oxygen atoms in total. The van der Waals surface area contributed by atoms with Crippen LogP contribution in [-0.2, 0) is 0 Å². The zero-order valence-electron chi connectivity index (χ0n) is 11.9. The van der Waals surface area contributed by atoms with Crippen LogP contribution in [0.5, 0.6) is 5.75 Å². The molecule has 0 aliphatic carbocycles. The first-order chi connectivity index (χ1) is 10.1. The van der Waals surface area contributed by atoms with E-state index >= 15 is 0 Å². The molecular formula is C16H19ClN2O2. The Kier molecular flexibility index (Phi) is 5.99. The van der Waals surface area contributed by atoms with Gasteiger partial charge in [-0.05, 0) is 43.3 Å². The number of rotatable bonds is 7. The molecule has 1 aromatic carbocycles. The van der Waals surface area contributed by atoms with Gasteiger partial charge in [0.05, 0.1) is 5.69 Å². The molecule has 2 rings (SSSR count). The average Bonchev–Trinajstić information content (AvgIpc) is 2.53. The summed E-state index contributed by atoms with van der Waals surface area (Å²) in [4.78, 5) is 4.27. The Morgan fingerprint density at radius 2 is 2.00 bits per heavy atom. The largest absolute Gasteiger partial charge is 0.491 e. The number of benzene rings is 1. The van der Waals surface area contributed by atoms with Crippen LogP contribution in [0.25, 0.3) is 0 Å². The second-order valence-corrected chi connectivity index (χ2v) is 5.24. The number of pyridine rings is 1. The molecule has 0 saturated heterocycles. The third kappa shape index (κ3) is 5.34. The van der Waals surface area contributed by atoms with E-state index in [2.05, 4.69) is 10.3 Å². The van der Waals surface area contributed by atoms with Crippen LogP contribution in [0.1, 0.15) is 18.7 Å². The van der Waals surface area contributed by atoms with Gasteiger partial charge in [-0.1, -0.05) is 17.7 Å². The first-order valence-electron chi connectivity index (χ1n) is 6.86. The molecular weight excluding hydrogens is 288 g/mol. The number of hydrogen-bond acceptors (Lipinski definition) is 4. The van der Waals surface area contributed by atoms with Gasteiger partial charge in [-0.25, -0.2) is 0 Å². The van der Waals surface area contributed by atoms with Crippen molar-refractivity contribution in [2.45, 2.75) is 19.1 Å². The molecule has 112 valence electrons. The van der Waals surface area contributed by atoms with E-state index in [0.29, 0.717) is 17.3 Å². The van der Waals surface area contributed by atoms with Crippen molar-refractivity contribution in [2.75, 3.05) is 13.2 Å². The number of aromatic nitrogens is 1. The lowest BCUT2D eigenvalue weighted by Crippen LogP contribution is -2.33. The molecule has 0 saturated carbocycles. The molecule has 0 aliphatic rings. The Labute approximate surface area is 129 Å². The lowest BCUT2D eigenvalue weighted by Gasteiger charge is -2.17. The standard InChI is InChI=1S/C16H19ClN2O2/c1-12(16-4-2-3-9-18-16)19-10-14(20)11-21-15-7-5-13(17)6-8-15/h2-9,12,14,19-20H,10-11H2,1H3. The van der Waals surface area contributed by atoms with Crippen LogP contribution in [0.2, 0.25) is 5.02 Å². The second kappa shape index (κ2) is 7.98. The molecule has 1 heterocycles. The van der Waals surface area contributed by atoms with E-state index in [1.807, 2.05) is 25.1 Å². The van der Waals surface area contributed by atoms with Crippen molar-refractivity contribution in [1.29, 1.82) is 0 Å². The number of nitrogens with zero attached hydrogens (tertiary/aromatic N) is 1. The Balaban J connectivity index is 1.72. The normalized spacial score (nSPS) is 13.7. The topological polar surface area (TPSA) is 54.4 Å². The summed E-state index contributed by atoms with van der Waals surface area (Å²) in [5.41, 5.74) is 0.948. The van der Waals surface area contributed by atoms with Crippen molar-refractivity contribution in [3.05, 3.63) is 59.4 Å². The van der Waals surface area contributed by atoms with Crippen molar-refractivity contribution in [2.24, 2.45) is 0 Å². The first-order valence-corrected chi connectivity index (χ1v) is 7.23. The van der Waals surface area contributed by atoms with Crippen molar-refractivity contribution in [3.63, 3.8) is 0 Å². The van der Waals surface area contributed by atoms with E-state index in [-0.39, 0.29) is 12.6 Å². The summed E-state index contributed by atoms with van der Waals surface area (Å²) in [6.07, 6.45) is 1.17. The van der Waals surface area contributed by atoms with Gasteiger partial charge in [-0.3, -0.25) is 4.98 Å². The highest BCUT2D eigenvalue weighted by atomic mass is 35.5. The van der Waals surface area contributed by atoms with Gasteiger partial charge in [0.1, 0.15) is 18.5 Å². The van der Waals surface area contributed by atoms with Gasteiger partial charge in [-0.2, -0.15) is 0 Å². The first kappa shape index (κ1) is 15.8. The summed E-state index contributed by atoms with van der Waals surface area (Å²) in [7, 11) is 0. The molecule has 0 amide bonds. The number of nitrogens with one attached hydrogen (secondary N) is 1. The van der Waals surface area contributed by atoms with E-state index in [9.17, 15) is 5.11 Å². The molecule has 0 spiro atoms. The molecule has 0 bridgehead atoms. The van der Waals surface area contributed by atoms with E-state index in [0.717, 1.165) is 5.69 Å². The maximum absolute atomic E-state index is 9.93. The number of aliphatic hydroxyl groups is 1. The van der Waals surface area contributed by atoms with Crippen LogP contribution in [0.3, 0.4) is 0 Å². The predicted octanol–water partition coefficient (Wildman–Crippen LogP) is 2.83. The highest BCUT2D eigenvalue weighted by Gasteiger charge is 2.10. The van der Waals surface area contributed by atoms with Crippen molar-refractivity contribution < 1.29 is 9.84 Å². The molecule has 2 atom stereocenters. The summed E-state index contributed by atoms with van der Waals surface area (Å²) in [5.74, 6) is 0.691. The summed E-state index contributed by atoms with van der Waals surface area (Å²) >= 11 is 5.80. The minimum Gasteiger partial charge on any atom is -0.491 e. The van der Waals surface area contributed by atoms with Gasteiger partial charge >= 0.3 is 0 Å². The highest BCUT2D eigenvalue weighted by molar-refractivity contribution is 6.30. The third-order valence-electron chi connectivity index (χ3n) is 3.05. The van der Waals surface area contributed by atoms with Gasteiger partial charge in [0, 0.05) is 23.8 Å². The van der Waals surface area contributed by atoms with Crippen molar-refractivity contribution >= 4 is 11.6 Å². The van der Waals surface area contributed by atoms with E-state index in [4.69, 9.17) is 16.3 Å². The molecule has 0 fully saturated rings. The summed E-state index contributed by atoms with van der Waals surface area (Å²) in [5, 5.41) is 13.8. The molecule has 0 aliphatic heterocycles. The summed E-state index contributed by atoms with van der Waals surface area (Å²) < 4.78 is 5.50. The van der Waals surface area contributed by atoms with Crippen LogP contribution >= 0.6 is 11.6 Å². The Hall–Kier alpha value is -1.62. The smallest absolute Gasteiger partial charge is 0.119 e. The quantitative estimate of drug-likeness (QED) is 0.826. The van der Waals surface area contributed by atoms with Gasteiger partial charge in [0.25, 0.3) is 0 Å². The third-order valence-corrected chi connectivity index (χ3v) is 3.30. The van der Waals surface area contributed by atoms with Gasteiger partial charge in [-0.15, -0.1) is 0 Å². The fraction of sp³-hybridized carbons (Fsp3) is 0.312. The summed E-state index contributed by atoms with van der Waals surface area (Å²) in [6, 6.07) is 12.9. The lowest BCUT2D eigenvalue weighted by molar-refractivity contribution is 0.104. The Morgan fingerprint density at radius 3 is 2.67 bits per heavy atom. The van der Waals surface area contributed by atoms with Gasteiger partial charge < -0.3 is 15.2 Å². The molecule has 2 N–H and O–H groups in total. The Bertz CT molecular complexity index is 534. The molecule has 21 heavy (non-hydrogen) atoms. The lowest BCUT2D eigenvalue weighted by atomic mass is 10.2. The zero-order chi connectivity index (χ0) is 15.1. The minimum absolute atomic E-state index is 0.0800. The fourth-order valence-corrected chi connectivity index (χ4v) is 1.96. The average molecular weight is 307 g/mol. The van der Waals surface area contributed by atoms with E-state index < -0.39 is 6.10 Å². The number of ether oxygens (including phenoxy) is 1. The molecule has 1 aromatic heterocycles. The number of halogens is 1. The maximum Gasteiger partial charge on any atom is 0.119 e. The fourth-order valence-electron chi connectivity index (χ4n) is 1.83. The number of aliphatic hydroxyl groups excluding tert-OH is 1. The summed E-state index contributed by atoms with van der Waals surface area (Å²) in [6.45, 7) is 2.67. The Morgan fingerprint density at radius 1 is 1.24 bits per heavy atom. The predicted molar refractivity (Wildman–Crippen MR) is 83.6 cm³/mol. The zero-order valence-corrected chi connectivity index (χ0v) is 12.6. The molecule has 5 heteroatoms. The van der Waals surface area contributed by atoms with Crippen molar-refractivity contribution in [3.8, 4) is 5.75 Å². The van der Waals surface area contributed by atoms with Crippen LogP contribution in [0, 0.1) is 0 Å². The SMILES string of the molecule is CC(NCC(O)COc1ccc(Cl)cc1)c1ccccn1. The molecule has 2 aromatic rings. The maximum atomic E-state index is 9.93. The minimum atomic E-state index is -0.591. The monoisotopic (exact) mass is 306 g/mol. The molecule has 0 radical (unpaired) electrons. The van der Waals surface area contributed by atoms with Gasteiger partial charge in [0.15, 0.2) is 0 Å². The number of hydrogen-bond donors (Lipinski definition) is 2. The van der Waals surface area contributed by atoms with Crippen LogP contribution in [-0.4, -0.2) is 29.3 Å². The van der Waals surface area contributed by atoms with Crippen LogP contribution in [0.15, 0.2) is 48.7 Å². The van der Waals surface area contributed by atoms with E-state index in [1.165, 1.54) is 0 Å². The second-order valence-electron chi connectivity index (χ2n) is 4.80.